The van der Waals surface area contributed by atoms with Crippen LogP contribution in [0.25, 0.3) is 0 Å². The first-order valence-electron chi connectivity index (χ1n) is 6.64. The van der Waals surface area contributed by atoms with E-state index in [0.717, 1.165) is 32.6 Å². The Morgan fingerprint density at radius 2 is 2.22 bits per heavy atom. The minimum absolute atomic E-state index is 0.121. The van der Waals surface area contributed by atoms with E-state index in [1.807, 2.05) is 18.4 Å². The van der Waals surface area contributed by atoms with Gasteiger partial charge in [0.25, 0.3) is 0 Å². The average Bonchev–Trinajstić information content (AvgIpc) is 2.83. The Hall–Kier alpha value is -0.420. The van der Waals surface area contributed by atoms with Crippen LogP contribution in [-0.2, 0) is 9.47 Å². The van der Waals surface area contributed by atoms with Crippen molar-refractivity contribution in [2.75, 3.05) is 26.9 Å². The molecule has 1 atom stereocenters. The number of likely N-dealkylation sites (N-methyl/N-ethyl adjacent to an activating group) is 1. The molecule has 1 fully saturated rings. The van der Waals surface area contributed by atoms with E-state index in [1.54, 1.807) is 0 Å². The zero-order valence-electron chi connectivity index (χ0n) is 11.5. The van der Waals surface area contributed by atoms with Crippen LogP contribution in [0.1, 0.15) is 36.2 Å². The minimum Gasteiger partial charge on any atom is -0.381 e. The number of methoxy groups -OCH3 is 1. The highest BCUT2D eigenvalue weighted by Crippen LogP contribution is 2.40. The van der Waals surface area contributed by atoms with Gasteiger partial charge >= 0.3 is 0 Å². The van der Waals surface area contributed by atoms with Crippen molar-refractivity contribution < 1.29 is 9.47 Å². The summed E-state index contributed by atoms with van der Waals surface area (Å²) in [4.78, 5) is 1.40. The molecule has 1 N–H and O–H groups in total. The Balaban J connectivity index is 2.30. The maximum Gasteiger partial charge on any atom is 0.0924 e. The van der Waals surface area contributed by atoms with E-state index in [-0.39, 0.29) is 11.6 Å². The van der Waals surface area contributed by atoms with E-state index >= 15 is 0 Å². The molecule has 1 aromatic rings. The number of nitrogens with one attached hydrogen (secondary N) is 1. The Morgan fingerprint density at radius 1 is 1.50 bits per heavy atom. The lowest BCUT2D eigenvalue weighted by Gasteiger charge is -2.42. The van der Waals surface area contributed by atoms with E-state index in [0.29, 0.717) is 0 Å². The van der Waals surface area contributed by atoms with Crippen molar-refractivity contribution in [3.8, 4) is 0 Å². The Morgan fingerprint density at radius 3 is 2.72 bits per heavy atom. The van der Waals surface area contributed by atoms with Crippen LogP contribution in [0.3, 0.4) is 0 Å². The second kappa shape index (κ2) is 6.15. The summed E-state index contributed by atoms with van der Waals surface area (Å²) in [5, 5.41) is 5.78. The van der Waals surface area contributed by atoms with Gasteiger partial charge in [0.05, 0.1) is 11.6 Å². The molecular formula is C14H23NO2S. The summed E-state index contributed by atoms with van der Waals surface area (Å²) < 4.78 is 11.4. The third kappa shape index (κ3) is 2.62. The van der Waals surface area contributed by atoms with Gasteiger partial charge in [0, 0.05) is 38.0 Å². The summed E-state index contributed by atoms with van der Waals surface area (Å²) in [6.45, 7) is 6.87. The molecule has 1 saturated heterocycles. The first-order valence-corrected chi connectivity index (χ1v) is 7.52. The van der Waals surface area contributed by atoms with Crippen LogP contribution in [0.5, 0.6) is 0 Å². The van der Waals surface area contributed by atoms with Crippen LogP contribution in [0.2, 0.25) is 0 Å². The molecule has 1 aliphatic heterocycles. The molecule has 0 radical (unpaired) electrons. The Labute approximate surface area is 113 Å². The van der Waals surface area contributed by atoms with Crippen LogP contribution in [0, 0.1) is 6.92 Å². The van der Waals surface area contributed by atoms with Gasteiger partial charge in [-0.3, -0.25) is 0 Å². The van der Waals surface area contributed by atoms with Crippen molar-refractivity contribution in [1.29, 1.82) is 0 Å². The zero-order chi connectivity index (χ0) is 13.0. The Bertz CT molecular complexity index is 372. The van der Waals surface area contributed by atoms with Gasteiger partial charge in [-0.25, -0.2) is 0 Å². The molecule has 1 unspecified atom stereocenters. The number of rotatable bonds is 5. The van der Waals surface area contributed by atoms with Gasteiger partial charge in [-0.05, 0) is 30.5 Å². The molecule has 3 nitrogen and oxygen atoms in total. The lowest BCUT2D eigenvalue weighted by molar-refractivity contribution is -0.111. The molecule has 0 spiro atoms. The smallest absolute Gasteiger partial charge is 0.0924 e. The summed E-state index contributed by atoms with van der Waals surface area (Å²) in [5.41, 5.74) is 1.23. The highest BCUT2D eigenvalue weighted by molar-refractivity contribution is 7.10. The summed E-state index contributed by atoms with van der Waals surface area (Å²) in [7, 11) is 1.83. The fourth-order valence-electron chi connectivity index (χ4n) is 2.73. The van der Waals surface area contributed by atoms with E-state index in [9.17, 15) is 0 Å². The quantitative estimate of drug-likeness (QED) is 0.891. The molecule has 2 heterocycles. The minimum atomic E-state index is -0.121. The molecule has 4 heteroatoms. The summed E-state index contributed by atoms with van der Waals surface area (Å²) in [6, 6.07) is 2.46. The topological polar surface area (TPSA) is 30.5 Å². The highest BCUT2D eigenvalue weighted by atomic mass is 32.1. The van der Waals surface area contributed by atoms with E-state index < -0.39 is 0 Å². The fourth-order valence-corrected chi connectivity index (χ4v) is 3.84. The molecule has 102 valence electrons. The Kier molecular flexibility index (Phi) is 4.78. The van der Waals surface area contributed by atoms with Crippen LogP contribution >= 0.6 is 11.3 Å². The maximum absolute atomic E-state index is 5.94. The first kappa shape index (κ1) is 14.0. The van der Waals surface area contributed by atoms with E-state index in [2.05, 4.69) is 30.6 Å². The van der Waals surface area contributed by atoms with Gasteiger partial charge in [0.2, 0.25) is 0 Å². The third-order valence-electron chi connectivity index (χ3n) is 3.84. The number of hydrogen-bond donors (Lipinski definition) is 1. The SMILES string of the molecule is CCNC(c1sccc1C)C1(OC)CCOCC1. The largest absolute Gasteiger partial charge is 0.381 e. The molecule has 0 amide bonds. The molecule has 1 aromatic heterocycles. The molecule has 2 rings (SSSR count). The number of hydrogen-bond acceptors (Lipinski definition) is 4. The highest BCUT2D eigenvalue weighted by Gasteiger charge is 2.42. The van der Waals surface area contributed by atoms with Crippen molar-refractivity contribution in [2.45, 2.75) is 38.3 Å². The third-order valence-corrected chi connectivity index (χ3v) is 4.93. The molecule has 1 aliphatic rings. The molecule has 0 bridgehead atoms. The predicted molar refractivity (Wildman–Crippen MR) is 75.3 cm³/mol. The monoisotopic (exact) mass is 269 g/mol. The van der Waals surface area contributed by atoms with Crippen LogP contribution < -0.4 is 5.32 Å². The standard InChI is InChI=1S/C14H23NO2S/c1-4-15-13(12-11(2)5-10-18-12)14(16-3)6-8-17-9-7-14/h5,10,13,15H,4,6-9H2,1-3H3. The van der Waals surface area contributed by atoms with Crippen molar-refractivity contribution in [1.82, 2.24) is 5.32 Å². The summed E-state index contributed by atoms with van der Waals surface area (Å²) in [6.07, 6.45) is 1.91. The van der Waals surface area contributed by atoms with E-state index in [4.69, 9.17) is 9.47 Å². The van der Waals surface area contributed by atoms with Crippen LogP contribution in [-0.4, -0.2) is 32.5 Å². The maximum atomic E-state index is 5.94. The number of aryl methyl sites for hydroxylation is 1. The average molecular weight is 269 g/mol. The fraction of sp³-hybridized carbons (Fsp3) is 0.714. The lowest BCUT2D eigenvalue weighted by Crippen LogP contribution is -2.49. The van der Waals surface area contributed by atoms with Gasteiger partial charge < -0.3 is 14.8 Å². The van der Waals surface area contributed by atoms with E-state index in [1.165, 1.54) is 10.4 Å². The van der Waals surface area contributed by atoms with Gasteiger partial charge in [-0.15, -0.1) is 11.3 Å². The zero-order valence-corrected chi connectivity index (χ0v) is 12.3. The number of ether oxygens (including phenoxy) is 2. The summed E-state index contributed by atoms with van der Waals surface area (Å²) in [5.74, 6) is 0. The first-order chi connectivity index (χ1) is 8.73. The van der Waals surface area contributed by atoms with Crippen molar-refractivity contribution in [3.63, 3.8) is 0 Å². The molecule has 0 aromatic carbocycles. The molecule has 0 aliphatic carbocycles. The van der Waals surface area contributed by atoms with Crippen LogP contribution in [0.15, 0.2) is 11.4 Å². The van der Waals surface area contributed by atoms with Crippen LogP contribution in [0.4, 0.5) is 0 Å². The van der Waals surface area contributed by atoms with Crippen molar-refractivity contribution >= 4 is 11.3 Å². The predicted octanol–water partition coefficient (Wildman–Crippen LogP) is 2.90. The van der Waals surface area contributed by atoms with Gasteiger partial charge in [-0.1, -0.05) is 6.92 Å². The second-order valence-electron chi connectivity index (χ2n) is 4.84. The van der Waals surface area contributed by atoms with Crippen molar-refractivity contribution in [2.24, 2.45) is 0 Å². The molecule has 18 heavy (non-hydrogen) atoms. The normalized spacial score (nSPS) is 20.8. The second-order valence-corrected chi connectivity index (χ2v) is 5.79. The summed E-state index contributed by atoms with van der Waals surface area (Å²) >= 11 is 1.82. The lowest BCUT2D eigenvalue weighted by atomic mass is 9.84. The molecular weight excluding hydrogens is 246 g/mol. The molecule has 0 saturated carbocycles. The van der Waals surface area contributed by atoms with Gasteiger partial charge in [0.1, 0.15) is 0 Å². The van der Waals surface area contributed by atoms with Gasteiger partial charge in [-0.2, -0.15) is 0 Å². The van der Waals surface area contributed by atoms with Crippen molar-refractivity contribution in [3.05, 3.63) is 21.9 Å². The number of thiophene rings is 1. The van der Waals surface area contributed by atoms with Gasteiger partial charge in [0.15, 0.2) is 0 Å².